The Balaban J connectivity index is 2.10. The molecule has 0 unspecified atom stereocenters. The van der Waals surface area contributed by atoms with Crippen molar-refractivity contribution >= 4 is 11.7 Å². The minimum absolute atomic E-state index is 0.0983. The highest BCUT2D eigenvalue weighted by molar-refractivity contribution is 5.88. The molecule has 0 aliphatic carbocycles. The van der Waals surface area contributed by atoms with Crippen LogP contribution in [0.1, 0.15) is 29.8 Å². The molecule has 3 rings (SSSR count). The second-order valence-corrected chi connectivity index (χ2v) is 7.02. The van der Waals surface area contributed by atoms with E-state index in [0.29, 0.717) is 24.2 Å². The average molecular weight is 429 g/mol. The fraction of sp³-hybridized carbons (Fsp3) is 0.208. The molecule has 7 heteroatoms. The zero-order chi connectivity index (χ0) is 22.8. The van der Waals surface area contributed by atoms with Crippen LogP contribution in [-0.2, 0) is 6.18 Å². The smallest absolute Gasteiger partial charge is 0.418 e. The Labute approximate surface area is 178 Å². The molecule has 0 saturated carbocycles. The number of phenols is 1. The number of alkyl halides is 3. The van der Waals surface area contributed by atoms with E-state index >= 15 is 0 Å². The van der Waals surface area contributed by atoms with Crippen LogP contribution < -0.4 is 4.90 Å². The summed E-state index contributed by atoms with van der Waals surface area (Å²) >= 11 is 0. The fourth-order valence-corrected chi connectivity index (χ4v) is 3.52. The van der Waals surface area contributed by atoms with Crippen molar-refractivity contribution in [2.45, 2.75) is 20.0 Å². The van der Waals surface area contributed by atoms with E-state index in [1.54, 1.807) is 49.1 Å². The van der Waals surface area contributed by atoms with E-state index in [9.17, 15) is 23.1 Å². The van der Waals surface area contributed by atoms with Crippen LogP contribution in [0.25, 0.3) is 22.3 Å². The van der Waals surface area contributed by atoms with Gasteiger partial charge in [0.2, 0.25) is 0 Å². The highest BCUT2D eigenvalue weighted by Crippen LogP contribution is 2.41. The maximum atomic E-state index is 13.8. The van der Waals surface area contributed by atoms with Crippen LogP contribution >= 0.6 is 0 Å². The van der Waals surface area contributed by atoms with Gasteiger partial charge < -0.3 is 15.1 Å². The van der Waals surface area contributed by atoms with E-state index in [1.807, 2.05) is 0 Å². The first-order chi connectivity index (χ1) is 14.7. The number of aromatic carboxylic acids is 1. The summed E-state index contributed by atoms with van der Waals surface area (Å²) in [5.41, 5.74) is 1.30. The Morgan fingerprint density at radius 3 is 2.00 bits per heavy atom. The molecule has 2 N–H and O–H groups in total. The lowest BCUT2D eigenvalue weighted by Gasteiger charge is -2.25. The molecule has 0 heterocycles. The van der Waals surface area contributed by atoms with Crippen molar-refractivity contribution in [3.8, 4) is 28.0 Å². The molecule has 0 aliphatic heterocycles. The number of carbonyl (C=O) groups is 1. The highest BCUT2D eigenvalue weighted by Gasteiger charge is 2.35. The largest absolute Gasteiger partial charge is 0.507 e. The number of halogens is 3. The summed E-state index contributed by atoms with van der Waals surface area (Å²) in [5, 5.41) is 19.4. The van der Waals surface area contributed by atoms with Crippen molar-refractivity contribution in [3.63, 3.8) is 0 Å². The Kier molecular flexibility index (Phi) is 6.24. The van der Waals surface area contributed by atoms with E-state index in [2.05, 4.69) is 0 Å². The van der Waals surface area contributed by atoms with Gasteiger partial charge in [-0.1, -0.05) is 24.3 Å². The molecule has 0 bridgehead atoms. The van der Waals surface area contributed by atoms with Gasteiger partial charge in [-0.15, -0.1) is 0 Å². The molecule has 0 atom stereocenters. The number of carboxylic acids is 1. The van der Waals surface area contributed by atoms with Gasteiger partial charge in [0.25, 0.3) is 0 Å². The number of rotatable bonds is 6. The minimum Gasteiger partial charge on any atom is -0.507 e. The Hall–Kier alpha value is -3.48. The number of carboxylic acid groups (broad SMARTS) is 1. The number of nitrogens with zero attached hydrogens (tertiary/aromatic N) is 1. The van der Waals surface area contributed by atoms with Gasteiger partial charge in [-0.3, -0.25) is 0 Å². The van der Waals surface area contributed by atoms with Gasteiger partial charge in [-0.25, -0.2) is 4.79 Å². The van der Waals surface area contributed by atoms with Gasteiger partial charge in [-0.2, -0.15) is 13.2 Å². The topological polar surface area (TPSA) is 60.8 Å². The standard InChI is InChI=1S/C24H22F3NO3/c1-3-28(4-2)21-11-9-18(14-20(21)24(25,26)27)19-13-17(10-12-22(19)29)15-5-7-16(8-6-15)23(30)31/h5-14,29H,3-4H2,1-2H3,(H,30,31). The number of hydrogen-bond acceptors (Lipinski definition) is 3. The van der Waals surface area contributed by atoms with Gasteiger partial charge in [-0.05, 0) is 66.9 Å². The van der Waals surface area contributed by atoms with Crippen LogP contribution in [0.5, 0.6) is 5.75 Å². The number of hydrogen-bond donors (Lipinski definition) is 2. The molecule has 0 aromatic heterocycles. The van der Waals surface area contributed by atoms with Crippen molar-refractivity contribution < 1.29 is 28.2 Å². The van der Waals surface area contributed by atoms with Crippen LogP contribution in [0.15, 0.2) is 60.7 Å². The molecule has 0 amide bonds. The van der Waals surface area contributed by atoms with Crippen LogP contribution in [0, 0.1) is 0 Å². The van der Waals surface area contributed by atoms with Gasteiger partial charge >= 0.3 is 12.1 Å². The zero-order valence-corrected chi connectivity index (χ0v) is 17.1. The molecular formula is C24H22F3NO3. The Morgan fingerprint density at radius 2 is 1.45 bits per heavy atom. The predicted molar refractivity (Wildman–Crippen MR) is 115 cm³/mol. The van der Waals surface area contributed by atoms with E-state index in [1.165, 1.54) is 24.3 Å². The third-order valence-corrected chi connectivity index (χ3v) is 5.18. The second-order valence-electron chi connectivity index (χ2n) is 7.02. The molecule has 162 valence electrons. The van der Waals surface area contributed by atoms with Crippen LogP contribution in [0.4, 0.5) is 18.9 Å². The number of aromatic hydroxyl groups is 1. The summed E-state index contributed by atoms with van der Waals surface area (Å²) in [4.78, 5) is 12.7. The average Bonchev–Trinajstić information content (AvgIpc) is 2.74. The summed E-state index contributed by atoms with van der Waals surface area (Å²) in [7, 11) is 0. The summed E-state index contributed by atoms with van der Waals surface area (Å²) < 4.78 is 41.4. The third-order valence-electron chi connectivity index (χ3n) is 5.18. The SMILES string of the molecule is CCN(CC)c1ccc(-c2cc(-c3ccc(C(=O)O)cc3)ccc2O)cc1C(F)(F)F. The van der Waals surface area contributed by atoms with E-state index in [4.69, 9.17) is 5.11 Å². The lowest BCUT2D eigenvalue weighted by atomic mass is 9.95. The lowest BCUT2D eigenvalue weighted by molar-refractivity contribution is -0.137. The molecule has 0 saturated heterocycles. The van der Waals surface area contributed by atoms with E-state index in [0.717, 1.165) is 6.07 Å². The Bertz CT molecular complexity index is 1090. The van der Waals surface area contributed by atoms with Crippen molar-refractivity contribution in [2.75, 3.05) is 18.0 Å². The molecular weight excluding hydrogens is 407 g/mol. The van der Waals surface area contributed by atoms with Gasteiger partial charge in [0.05, 0.1) is 11.1 Å². The molecule has 3 aromatic carbocycles. The first kappa shape index (κ1) is 22.2. The van der Waals surface area contributed by atoms with Gasteiger partial charge in [0.15, 0.2) is 0 Å². The third kappa shape index (κ3) is 4.66. The van der Waals surface area contributed by atoms with Crippen molar-refractivity contribution in [1.82, 2.24) is 0 Å². The van der Waals surface area contributed by atoms with Crippen LogP contribution in [-0.4, -0.2) is 29.3 Å². The lowest BCUT2D eigenvalue weighted by Crippen LogP contribution is -2.25. The molecule has 31 heavy (non-hydrogen) atoms. The Morgan fingerprint density at radius 1 is 0.871 bits per heavy atom. The maximum Gasteiger partial charge on any atom is 0.418 e. The van der Waals surface area contributed by atoms with Crippen molar-refractivity contribution in [1.29, 1.82) is 0 Å². The van der Waals surface area contributed by atoms with Crippen molar-refractivity contribution in [2.24, 2.45) is 0 Å². The summed E-state index contributed by atoms with van der Waals surface area (Å²) in [6, 6.07) is 14.8. The second kappa shape index (κ2) is 8.71. The number of anilines is 1. The number of phenolic OH excluding ortho intramolecular Hbond substituents is 1. The van der Waals surface area contributed by atoms with Gasteiger partial charge in [0.1, 0.15) is 5.75 Å². The summed E-state index contributed by atoms with van der Waals surface area (Å²) in [6.07, 6.45) is -4.55. The van der Waals surface area contributed by atoms with E-state index in [-0.39, 0.29) is 28.1 Å². The zero-order valence-electron chi connectivity index (χ0n) is 17.1. The summed E-state index contributed by atoms with van der Waals surface area (Å²) in [6.45, 7) is 4.46. The summed E-state index contributed by atoms with van der Waals surface area (Å²) in [5.74, 6) is -1.19. The van der Waals surface area contributed by atoms with Crippen LogP contribution in [0.2, 0.25) is 0 Å². The fourth-order valence-electron chi connectivity index (χ4n) is 3.52. The minimum atomic E-state index is -4.55. The normalized spacial score (nSPS) is 11.4. The maximum absolute atomic E-state index is 13.8. The van der Waals surface area contributed by atoms with Gasteiger partial charge in [0, 0.05) is 24.3 Å². The first-order valence-electron chi connectivity index (χ1n) is 9.79. The molecule has 0 aliphatic rings. The molecule has 3 aromatic rings. The number of benzene rings is 3. The molecule has 0 spiro atoms. The molecule has 0 radical (unpaired) electrons. The monoisotopic (exact) mass is 429 g/mol. The quantitative estimate of drug-likeness (QED) is 0.484. The van der Waals surface area contributed by atoms with E-state index < -0.39 is 17.7 Å². The highest BCUT2D eigenvalue weighted by atomic mass is 19.4. The predicted octanol–water partition coefficient (Wildman–Crippen LogP) is 6.29. The van der Waals surface area contributed by atoms with Crippen LogP contribution in [0.3, 0.4) is 0 Å². The first-order valence-corrected chi connectivity index (χ1v) is 9.79. The van der Waals surface area contributed by atoms with Crippen molar-refractivity contribution in [3.05, 3.63) is 71.8 Å². The molecule has 0 fully saturated rings. The molecule has 4 nitrogen and oxygen atoms in total.